The zero-order valence-electron chi connectivity index (χ0n) is 29.1. The maximum Gasteiger partial charge on any atom is 0.417 e. The van der Waals surface area contributed by atoms with Crippen LogP contribution in [0.1, 0.15) is 27.8 Å². The van der Waals surface area contributed by atoms with E-state index < -0.39 is 11.7 Å². The molecule has 0 saturated carbocycles. The van der Waals surface area contributed by atoms with E-state index in [2.05, 4.69) is 18.2 Å². The van der Waals surface area contributed by atoms with Gasteiger partial charge in [0.1, 0.15) is 0 Å². The topological polar surface area (TPSA) is 105 Å². The molecule has 9 rings (SSSR count). The number of benzene rings is 7. The minimum absolute atomic E-state index is 0.115. The largest absolute Gasteiger partial charge is 0.417 e. The van der Waals surface area contributed by atoms with Crippen LogP contribution in [0.3, 0.4) is 0 Å². The highest BCUT2D eigenvalue weighted by atomic mass is 19.4. The van der Waals surface area contributed by atoms with E-state index in [1.54, 1.807) is 36.4 Å². The van der Waals surface area contributed by atoms with Crippen molar-refractivity contribution in [2.75, 3.05) is 0 Å². The normalized spacial score (nSPS) is 11.4. The quantitative estimate of drug-likeness (QED) is 0.180. The highest BCUT2D eigenvalue weighted by Gasteiger charge is 2.34. The van der Waals surface area contributed by atoms with Crippen LogP contribution in [0.25, 0.3) is 77.2 Å². The lowest BCUT2D eigenvalue weighted by molar-refractivity contribution is -0.137. The Balaban J connectivity index is 1.39. The number of halogens is 3. The molecule has 7 aromatic carbocycles. The van der Waals surface area contributed by atoms with Gasteiger partial charge in [-0.1, -0.05) is 48.5 Å². The van der Waals surface area contributed by atoms with Crippen LogP contribution < -0.4 is 0 Å². The molecule has 0 aliphatic rings. The van der Waals surface area contributed by atoms with Crippen LogP contribution in [0.4, 0.5) is 13.2 Å². The van der Waals surface area contributed by atoms with Gasteiger partial charge in [-0.05, 0) is 102 Å². The lowest BCUT2D eigenvalue weighted by Gasteiger charge is -2.19. The van der Waals surface area contributed by atoms with Crippen LogP contribution >= 0.6 is 0 Å². The molecule has 0 unspecified atom stereocenters. The second kappa shape index (κ2) is 12.8. The standard InChI is InChI=1S/C47H23F3N6/c48-47(49,50)41-21-30(26-53)9-15-34(41)31-13-18-46(56-43-8-4-2-6-36(43)39-20-29(25-52)11-17-45(39)56)40(22-31)37-23-33(14-12-32(37)27-54)55-42-7-3-1-5-35(42)38-19-28(24-51)10-16-44(38)55/h1-23H. The average molecular weight is 729 g/mol. The lowest BCUT2D eigenvalue weighted by atomic mass is 9.91. The van der Waals surface area contributed by atoms with Crippen LogP contribution in [-0.4, -0.2) is 9.13 Å². The van der Waals surface area contributed by atoms with E-state index in [1.165, 1.54) is 12.1 Å². The summed E-state index contributed by atoms with van der Waals surface area (Å²) in [6.45, 7) is 0. The van der Waals surface area contributed by atoms with Gasteiger partial charge in [-0.2, -0.15) is 34.2 Å². The van der Waals surface area contributed by atoms with Crippen molar-refractivity contribution in [1.29, 1.82) is 21.0 Å². The molecule has 262 valence electrons. The van der Waals surface area contributed by atoms with Gasteiger partial charge >= 0.3 is 6.18 Å². The molecular formula is C47H23F3N6. The molecule has 0 fully saturated rings. The minimum Gasteiger partial charge on any atom is -0.309 e. The molecule has 0 spiro atoms. The predicted molar refractivity (Wildman–Crippen MR) is 210 cm³/mol. The van der Waals surface area contributed by atoms with Crippen molar-refractivity contribution in [3.8, 4) is 57.9 Å². The molecule has 0 amide bonds. The van der Waals surface area contributed by atoms with E-state index in [-0.39, 0.29) is 16.7 Å². The summed E-state index contributed by atoms with van der Waals surface area (Å²) in [7, 11) is 0. The number of nitrogens with zero attached hydrogens (tertiary/aromatic N) is 6. The number of alkyl halides is 3. The maximum absolute atomic E-state index is 14.6. The Labute approximate surface area is 317 Å². The molecule has 56 heavy (non-hydrogen) atoms. The van der Waals surface area contributed by atoms with Gasteiger partial charge < -0.3 is 9.13 Å². The first-order chi connectivity index (χ1) is 27.2. The number of fused-ring (bicyclic) bond motifs is 6. The molecule has 2 heterocycles. The summed E-state index contributed by atoms with van der Waals surface area (Å²) in [5, 5.41) is 43.0. The molecule has 9 aromatic rings. The number of nitriles is 4. The Morgan fingerprint density at radius 2 is 0.982 bits per heavy atom. The van der Waals surface area contributed by atoms with Gasteiger partial charge in [-0.25, -0.2) is 0 Å². The fourth-order valence-electron chi connectivity index (χ4n) is 7.83. The van der Waals surface area contributed by atoms with Crippen molar-refractivity contribution in [1.82, 2.24) is 9.13 Å². The van der Waals surface area contributed by atoms with E-state index in [1.807, 2.05) is 100 Å². The van der Waals surface area contributed by atoms with Gasteiger partial charge in [-0.3, -0.25) is 0 Å². The molecule has 0 bridgehead atoms. The molecule has 0 atom stereocenters. The first-order valence-electron chi connectivity index (χ1n) is 17.4. The second-order valence-corrected chi connectivity index (χ2v) is 13.3. The third kappa shape index (κ3) is 5.24. The van der Waals surface area contributed by atoms with Crippen LogP contribution in [-0.2, 0) is 6.18 Å². The molecule has 0 radical (unpaired) electrons. The maximum atomic E-state index is 14.6. The van der Waals surface area contributed by atoms with Crippen molar-refractivity contribution in [2.45, 2.75) is 6.18 Å². The third-order valence-corrected chi connectivity index (χ3v) is 10.3. The average Bonchev–Trinajstić information content (AvgIpc) is 3.74. The highest BCUT2D eigenvalue weighted by Crippen LogP contribution is 2.43. The second-order valence-electron chi connectivity index (χ2n) is 13.3. The van der Waals surface area contributed by atoms with Crippen molar-refractivity contribution in [2.24, 2.45) is 0 Å². The van der Waals surface area contributed by atoms with Gasteiger partial charge in [-0.15, -0.1) is 0 Å². The summed E-state index contributed by atoms with van der Waals surface area (Å²) in [4.78, 5) is 0. The Hall–Kier alpha value is -8.11. The molecule has 0 aliphatic heterocycles. The monoisotopic (exact) mass is 728 g/mol. The van der Waals surface area contributed by atoms with Crippen LogP contribution in [0.2, 0.25) is 0 Å². The Morgan fingerprint density at radius 3 is 1.59 bits per heavy atom. The Morgan fingerprint density at radius 1 is 0.429 bits per heavy atom. The Bertz CT molecular complexity index is 3300. The Kier molecular flexibility index (Phi) is 7.69. The zero-order valence-corrected chi connectivity index (χ0v) is 29.1. The number of para-hydroxylation sites is 2. The summed E-state index contributed by atoms with van der Waals surface area (Å²) in [5.74, 6) is 0. The van der Waals surface area contributed by atoms with Gasteiger partial charge in [0, 0.05) is 38.4 Å². The summed E-state index contributed by atoms with van der Waals surface area (Å²) >= 11 is 0. The van der Waals surface area contributed by atoms with Crippen molar-refractivity contribution in [3.05, 3.63) is 167 Å². The van der Waals surface area contributed by atoms with E-state index in [0.717, 1.165) is 49.7 Å². The number of aromatic nitrogens is 2. The van der Waals surface area contributed by atoms with E-state index in [9.17, 15) is 34.2 Å². The minimum atomic E-state index is -4.76. The van der Waals surface area contributed by atoms with Gasteiger partial charge in [0.2, 0.25) is 0 Å². The van der Waals surface area contributed by atoms with Crippen LogP contribution in [0.15, 0.2) is 140 Å². The number of rotatable bonds is 4. The zero-order chi connectivity index (χ0) is 38.7. The third-order valence-electron chi connectivity index (χ3n) is 10.3. The molecule has 0 aliphatic carbocycles. The summed E-state index contributed by atoms with van der Waals surface area (Å²) in [6, 6.07) is 48.9. The van der Waals surface area contributed by atoms with Crippen LogP contribution in [0.5, 0.6) is 0 Å². The fourth-order valence-corrected chi connectivity index (χ4v) is 7.83. The molecular weight excluding hydrogens is 706 g/mol. The van der Waals surface area contributed by atoms with Crippen LogP contribution in [0, 0.1) is 45.3 Å². The first kappa shape index (κ1) is 33.7. The summed E-state index contributed by atoms with van der Waals surface area (Å²) in [5.41, 5.74) is 5.85. The molecule has 0 N–H and O–H groups in total. The SMILES string of the molecule is N#Cc1ccc(-c2ccc(-n3c4ccccc4c4cc(C#N)ccc43)c(-c3cc(-n4c5ccccc5c5cc(C#N)ccc54)ccc3C#N)c2)c(C(F)(F)F)c1. The van der Waals surface area contributed by atoms with Gasteiger partial charge in [0.05, 0.1) is 79.8 Å². The number of hydrogen-bond acceptors (Lipinski definition) is 4. The lowest BCUT2D eigenvalue weighted by Crippen LogP contribution is -2.08. The van der Waals surface area contributed by atoms with E-state index in [0.29, 0.717) is 39.2 Å². The fraction of sp³-hybridized carbons (Fsp3) is 0.0213. The van der Waals surface area contributed by atoms with Gasteiger partial charge in [0.25, 0.3) is 0 Å². The first-order valence-corrected chi connectivity index (χ1v) is 17.4. The smallest absolute Gasteiger partial charge is 0.309 e. The molecule has 2 aromatic heterocycles. The number of hydrogen-bond donors (Lipinski definition) is 0. The van der Waals surface area contributed by atoms with E-state index >= 15 is 0 Å². The summed E-state index contributed by atoms with van der Waals surface area (Å²) < 4.78 is 47.9. The molecule has 9 heteroatoms. The summed E-state index contributed by atoms with van der Waals surface area (Å²) in [6.07, 6.45) is -4.76. The van der Waals surface area contributed by atoms with Crippen molar-refractivity contribution in [3.63, 3.8) is 0 Å². The van der Waals surface area contributed by atoms with Gasteiger partial charge in [0.15, 0.2) is 0 Å². The molecule has 6 nitrogen and oxygen atoms in total. The predicted octanol–water partition coefficient (Wildman–Crippen LogP) is 11.7. The highest BCUT2D eigenvalue weighted by molar-refractivity contribution is 6.11. The van der Waals surface area contributed by atoms with Crippen molar-refractivity contribution < 1.29 is 13.2 Å². The molecule has 0 saturated heterocycles. The van der Waals surface area contributed by atoms with Crippen molar-refractivity contribution >= 4 is 43.6 Å². The van der Waals surface area contributed by atoms with E-state index in [4.69, 9.17) is 0 Å².